The lowest BCUT2D eigenvalue weighted by Gasteiger charge is -2.35. The first-order chi connectivity index (χ1) is 14.4. The zero-order chi connectivity index (χ0) is 21.5. The Bertz CT molecular complexity index is 874. The summed E-state index contributed by atoms with van der Waals surface area (Å²) in [6, 6.07) is 18.9. The van der Waals surface area contributed by atoms with Gasteiger partial charge in [0.2, 0.25) is 0 Å². The van der Waals surface area contributed by atoms with Crippen molar-refractivity contribution in [1.82, 2.24) is 5.32 Å². The monoisotopic (exact) mass is 406 g/mol. The van der Waals surface area contributed by atoms with E-state index in [2.05, 4.69) is 67.7 Å². The van der Waals surface area contributed by atoms with Gasteiger partial charge in [-0.3, -0.25) is 0 Å². The van der Waals surface area contributed by atoms with Crippen LogP contribution in [0.2, 0.25) is 0 Å². The van der Waals surface area contributed by atoms with Crippen molar-refractivity contribution in [3.63, 3.8) is 0 Å². The summed E-state index contributed by atoms with van der Waals surface area (Å²) in [6.07, 6.45) is 7.71. The van der Waals surface area contributed by atoms with Gasteiger partial charge in [0.05, 0.1) is 18.8 Å². The van der Waals surface area contributed by atoms with Crippen LogP contribution in [0.25, 0.3) is 0 Å². The fourth-order valence-electron chi connectivity index (χ4n) is 3.93. The number of allylic oxidation sites excluding steroid dienone is 1. The van der Waals surface area contributed by atoms with Crippen molar-refractivity contribution < 1.29 is 9.47 Å². The Morgan fingerprint density at radius 2 is 1.80 bits per heavy atom. The third-order valence-electron chi connectivity index (χ3n) is 5.69. The summed E-state index contributed by atoms with van der Waals surface area (Å²) in [5.41, 5.74) is 9.94. The molecule has 160 valence electrons. The van der Waals surface area contributed by atoms with E-state index in [1.165, 1.54) is 16.7 Å². The maximum Gasteiger partial charge on any atom is 0.0946 e. The van der Waals surface area contributed by atoms with Gasteiger partial charge >= 0.3 is 0 Å². The smallest absolute Gasteiger partial charge is 0.0946 e. The van der Waals surface area contributed by atoms with Gasteiger partial charge < -0.3 is 20.5 Å². The quantitative estimate of drug-likeness (QED) is 0.572. The topological polar surface area (TPSA) is 56.5 Å². The minimum Gasteiger partial charge on any atom is -0.399 e. The second-order valence-corrected chi connectivity index (χ2v) is 8.46. The summed E-state index contributed by atoms with van der Waals surface area (Å²) < 4.78 is 11.8. The van der Waals surface area contributed by atoms with Crippen LogP contribution in [0.1, 0.15) is 37.0 Å². The molecule has 1 aliphatic carbocycles. The third kappa shape index (κ3) is 5.82. The zero-order valence-corrected chi connectivity index (χ0v) is 18.4. The SMILES string of the molecule is COCCNC(C)(C)c1ccccc1CC1(OCc2ccccc2)C=CC(N)=CC1. The van der Waals surface area contributed by atoms with E-state index in [-0.39, 0.29) is 5.54 Å². The zero-order valence-electron chi connectivity index (χ0n) is 18.4. The maximum absolute atomic E-state index is 6.55. The Morgan fingerprint density at radius 1 is 1.07 bits per heavy atom. The van der Waals surface area contributed by atoms with Crippen LogP contribution >= 0.6 is 0 Å². The molecule has 4 heteroatoms. The van der Waals surface area contributed by atoms with Crippen LogP contribution in [-0.2, 0) is 28.0 Å². The number of hydrogen-bond donors (Lipinski definition) is 2. The first-order valence-electron chi connectivity index (χ1n) is 10.6. The number of nitrogens with two attached hydrogens (primary N) is 1. The van der Waals surface area contributed by atoms with Gasteiger partial charge in [-0.1, -0.05) is 66.7 Å². The Labute approximate surface area is 180 Å². The summed E-state index contributed by atoms with van der Waals surface area (Å²) in [7, 11) is 1.73. The van der Waals surface area contributed by atoms with Gasteiger partial charge in [-0.05, 0) is 36.6 Å². The molecule has 1 unspecified atom stereocenters. The van der Waals surface area contributed by atoms with Gasteiger partial charge in [0.25, 0.3) is 0 Å². The first kappa shape index (κ1) is 22.3. The summed E-state index contributed by atoms with van der Waals surface area (Å²) in [5, 5.41) is 3.62. The number of rotatable bonds is 10. The summed E-state index contributed by atoms with van der Waals surface area (Å²) in [6.45, 7) is 6.48. The summed E-state index contributed by atoms with van der Waals surface area (Å²) in [4.78, 5) is 0. The van der Waals surface area contributed by atoms with Crippen molar-refractivity contribution in [2.75, 3.05) is 20.3 Å². The average Bonchev–Trinajstić information content (AvgIpc) is 2.76. The van der Waals surface area contributed by atoms with Crippen LogP contribution in [0.3, 0.4) is 0 Å². The van der Waals surface area contributed by atoms with Crippen molar-refractivity contribution in [3.8, 4) is 0 Å². The highest BCUT2D eigenvalue weighted by molar-refractivity contribution is 5.37. The molecule has 30 heavy (non-hydrogen) atoms. The molecule has 1 aliphatic rings. The van der Waals surface area contributed by atoms with E-state index in [1.54, 1.807) is 7.11 Å². The van der Waals surface area contributed by atoms with Crippen molar-refractivity contribution in [2.24, 2.45) is 5.73 Å². The normalized spacial score (nSPS) is 19.0. The summed E-state index contributed by atoms with van der Waals surface area (Å²) >= 11 is 0. The van der Waals surface area contributed by atoms with Crippen molar-refractivity contribution in [2.45, 2.75) is 44.4 Å². The molecule has 0 bridgehead atoms. The molecule has 0 radical (unpaired) electrons. The number of benzene rings is 2. The van der Waals surface area contributed by atoms with Gasteiger partial charge in [-0.2, -0.15) is 0 Å². The predicted octanol–water partition coefficient (Wildman–Crippen LogP) is 4.46. The highest BCUT2D eigenvalue weighted by atomic mass is 16.5. The van der Waals surface area contributed by atoms with Gasteiger partial charge in [0, 0.05) is 37.7 Å². The van der Waals surface area contributed by atoms with E-state index < -0.39 is 5.60 Å². The molecule has 2 aromatic rings. The van der Waals surface area contributed by atoms with Crippen molar-refractivity contribution in [3.05, 3.63) is 95.2 Å². The molecular formula is C26H34N2O2. The number of methoxy groups -OCH3 is 1. The highest BCUT2D eigenvalue weighted by Gasteiger charge is 2.32. The molecule has 0 spiro atoms. The average molecular weight is 407 g/mol. The highest BCUT2D eigenvalue weighted by Crippen LogP contribution is 2.33. The lowest BCUT2D eigenvalue weighted by Crippen LogP contribution is -2.41. The Hall–Kier alpha value is -2.40. The molecule has 0 saturated heterocycles. The van der Waals surface area contributed by atoms with Crippen LogP contribution in [0.5, 0.6) is 0 Å². The van der Waals surface area contributed by atoms with Gasteiger partial charge in [0.1, 0.15) is 0 Å². The van der Waals surface area contributed by atoms with E-state index in [0.717, 1.165) is 25.1 Å². The lowest BCUT2D eigenvalue weighted by molar-refractivity contribution is -0.0193. The Kier molecular flexibility index (Phi) is 7.48. The molecule has 1 atom stereocenters. The molecule has 0 saturated carbocycles. The van der Waals surface area contributed by atoms with E-state index in [9.17, 15) is 0 Å². The molecule has 3 N–H and O–H groups in total. The molecular weight excluding hydrogens is 372 g/mol. The molecule has 0 aliphatic heterocycles. The third-order valence-corrected chi connectivity index (χ3v) is 5.69. The van der Waals surface area contributed by atoms with Crippen LogP contribution in [0.15, 0.2) is 78.5 Å². The standard InChI is InChI=1S/C26H34N2O2/c1-25(2,28-17-18-29-3)24-12-8-7-11-22(24)19-26(15-13-23(27)14-16-26)30-20-21-9-5-4-6-10-21/h4-15,28H,16-20,27H2,1-3H3. The first-order valence-corrected chi connectivity index (χ1v) is 10.6. The Morgan fingerprint density at radius 3 is 2.50 bits per heavy atom. The minimum absolute atomic E-state index is 0.178. The second kappa shape index (κ2) is 10.1. The minimum atomic E-state index is -0.419. The second-order valence-electron chi connectivity index (χ2n) is 8.46. The molecule has 0 fully saturated rings. The number of ether oxygens (including phenoxy) is 2. The van der Waals surface area contributed by atoms with E-state index in [0.29, 0.717) is 13.2 Å². The molecule has 0 heterocycles. The number of hydrogen-bond acceptors (Lipinski definition) is 4. The maximum atomic E-state index is 6.55. The van der Waals surface area contributed by atoms with Crippen LogP contribution < -0.4 is 11.1 Å². The largest absolute Gasteiger partial charge is 0.399 e. The van der Waals surface area contributed by atoms with Crippen LogP contribution in [-0.4, -0.2) is 25.9 Å². The molecule has 4 nitrogen and oxygen atoms in total. The van der Waals surface area contributed by atoms with E-state index in [1.807, 2.05) is 24.3 Å². The van der Waals surface area contributed by atoms with Gasteiger partial charge in [-0.25, -0.2) is 0 Å². The van der Waals surface area contributed by atoms with Gasteiger partial charge in [0.15, 0.2) is 0 Å². The summed E-state index contributed by atoms with van der Waals surface area (Å²) in [5.74, 6) is 0. The number of nitrogens with one attached hydrogen (secondary N) is 1. The molecule has 0 amide bonds. The molecule has 2 aromatic carbocycles. The fourth-order valence-corrected chi connectivity index (χ4v) is 3.93. The molecule has 0 aromatic heterocycles. The van der Waals surface area contributed by atoms with Crippen LogP contribution in [0.4, 0.5) is 0 Å². The van der Waals surface area contributed by atoms with Crippen molar-refractivity contribution >= 4 is 0 Å². The van der Waals surface area contributed by atoms with E-state index in [4.69, 9.17) is 15.2 Å². The fraction of sp³-hybridized carbons (Fsp3) is 0.385. The van der Waals surface area contributed by atoms with Gasteiger partial charge in [-0.15, -0.1) is 0 Å². The van der Waals surface area contributed by atoms with E-state index >= 15 is 0 Å². The molecule has 3 rings (SSSR count). The lowest BCUT2D eigenvalue weighted by atomic mass is 9.81. The predicted molar refractivity (Wildman–Crippen MR) is 123 cm³/mol. The van der Waals surface area contributed by atoms with Crippen LogP contribution in [0, 0.1) is 0 Å². The van der Waals surface area contributed by atoms with Crippen molar-refractivity contribution in [1.29, 1.82) is 0 Å². The Balaban J connectivity index is 1.84.